The fourth-order valence-corrected chi connectivity index (χ4v) is 6.61. The van der Waals surface area contributed by atoms with Crippen molar-refractivity contribution < 1.29 is 32.9 Å². The number of unbranched alkanes of at least 4 members (excludes halogenated alkanes) is 4. The van der Waals surface area contributed by atoms with Gasteiger partial charge in [-0.1, -0.05) is 48.6 Å². The van der Waals surface area contributed by atoms with Gasteiger partial charge in [0, 0.05) is 129 Å². The summed E-state index contributed by atoms with van der Waals surface area (Å²) >= 11 is 0. The van der Waals surface area contributed by atoms with E-state index in [1.54, 1.807) is 0 Å². The van der Waals surface area contributed by atoms with Crippen molar-refractivity contribution in [2.75, 3.05) is 90.7 Å². The fraction of sp³-hybridized carbons (Fsp3) is 0.481. The van der Waals surface area contributed by atoms with E-state index in [0.717, 1.165) is 77.7 Å². The maximum absolute atomic E-state index is 11.9. The number of carbonyl (C=O) groups is 2. The summed E-state index contributed by atoms with van der Waals surface area (Å²) in [5, 5.41) is 5.92. The third-order valence-corrected chi connectivity index (χ3v) is 10.6. The predicted molar refractivity (Wildman–Crippen MR) is 269 cm³/mol. The maximum atomic E-state index is 11.9. The van der Waals surface area contributed by atoms with E-state index in [1.807, 2.05) is 42.0 Å². The Morgan fingerprint density at radius 2 is 0.815 bits per heavy atom. The molecule has 2 aromatic heterocycles. The molecule has 0 saturated carbocycles. The van der Waals surface area contributed by atoms with Gasteiger partial charge in [0.15, 0.2) is 24.8 Å². The Labute approximate surface area is 391 Å². The van der Waals surface area contributed by atoms with Crippen LogP contribution in [-0.4, -0.2) is 92.7 Å². The highest BCUT2D eigenvalue weighted by molar-refractivity contribution is 5.76. The Hall–Kier alpha value is -5.36. The summed E-state index contributed by atoms with van der Waals surface area (Å²) in [6.07, 6.45) is 26.1. The zero-order chi connectivity index (χ0) is 46.7. The summed E-state index contributed by atoms with van der Waals surface area (Å²) in [6.45, 7) is 11.3. The van der Waals surface area contributed by atoms with Crippen LogP contribution in [0.25, 0.3) is 24.3 Å². The van der Waals surface area contributed by atoms with Crippen molar-refractivity contribution in [3.8, 4) is 0 Å². The molecular weight excluding hydrogens is 813 g/mol. The lowest BCUT2D eigenvalue weighted by atomic mass is 10.1. The molecule has 11 heteroatoms. The molecule has 2 amide bonds. The lowest BCUT2D eigenvalue weighted by molar-refractivity contribution is -0.697. The number of hydrogen-bond donors (Lipinski definition) is 2. The van der Waals surface area contributed by atoms with Crippen molar-refractivity contribution >= 4 is 47.5 Å². The first-order valence-corrected chi connectivity index (χ1v) is 23.8. The zero-order valence-electron chi connectivity index (χ0n) is 40.5. The van der Waals surface area contributed by atoms with Gasteiger partial charge in [0.05, 0.1) is 13.2 Å². The molecule has 2 aromatic carbocycles. The average Bonchev–Trinajstić information content (AvgIpc) is 3.32. The van der Waals surface area contributed by atoms with E-state index >= 15 is 0 Å². The Bertz CT molecular complexity index is 1900. The molecule has 65 heavy (non-hydrogen) atoms. The van der Waals surface area contributed by atoms with E-state index in [9.17, 15) is 9.59 Å². The summed E-state index contributed by atoms with van der Waals surface area (Å²) in [5.41, 5.74) is 7.17. The largest absolute Gasteiger partial charge is 0.382 e. The molecule has 2 N–H and O–H groups in total. The third kappa shape index (κ3) is 25.6. The fourth-order valence-electron chi connectivity index (χ4n) is 6.61. The van der Waals surface area contributed by atoms with Crippen LogP contribution in [0.1, 0.15) is 100 Å². The summed E-state index contributed by atoms with van der Waals surface area (Å²) < 4.78 is 20.3. The van der Waals surface area contributed by atoms with Crippen molar-refractivity contribution in [3.05, 3.63) is 120 Å². The van der Waals surface area contributed by atoms with Crippen LogP contribution < -0.4 is 29.6 Å². The number of anilines is 2. The van der Waals surface area contributed by atoms with E-state index in [1.165, 1.54) is 33.6 Å². The number of pyridine rings is 2. The molecule has 0 atom stereocenters. The minimum atomic E-state index is 0.134. The first kappa shape index (κ1) is 54.0. The Kier molecular flexibility index (Phi) is 28.3. The molecule has 0 bridgehead atoms. The number of carbonyl (C=O) groups excluding carboxylic acids is 2. The van der Waals surface area contributed by atoms with Crippen LogP contribution in [0.4, 0.5) is 11.4 Å². The minimum absolute atomic E-state index is 0.134. The van der Waals surface area contributed by atoms with Gasteiger partial charge in [-0.05, 0) is 98.9 Å². The number of hydrogen-bond acceptors (Lipinski definition) is 7. The second kappa shape index (κ2) is 34.1. The normalized spacial score (nSPS) is 11.1. The Morgan fingerprint density at radius 3 is 1.20 bits per heavy atom. The molecule has 354 valence electrons. The van der Waals surface area contributed by atoms with Crippen LogP contribution in [0.3, 0.4) is 0 Å². The van der Waals surface area contributed by atoms with Gasteiger partial charge in [-0.3, -0.25) is 9.59 Å². The van der Waals surface area contributed by atoms with E-state index in [-0.39, 0.29) is 11.8 Å². The first-order chi connectivity index (χ1) is 31.7. The smallest absolute Gasteiger partial charge is 0.219 e. The number of nitrogens with one attached hydrogen (secondary N) is 2. The third-order valence-electron chi connectivity index (χ3n) is 10.6. The Morgan fingerprint density at radius 1 is 0.462 bits per heavy atom. The molecule has 0 spiro atoms. The van der Waals surface area contributed by atoms with Crippen LogP contribution in [0.2, 0.25) is 0 Å². The quantitative estimate of drug-likeness (QED) is 0.0386. The number of amides is 2. The SMILES string of the molecule is CCOCCCNC(=O)CCCCC[n+]1ccc(C=Cc2ccc(N(C)C)cc2)cc1.CCOCCOCCCNC(=O)CCCCC[n+]1ccc(C=Cc2ccc(N(C)C)cc2)cc1. The van der Waals surface area contributed by atoms with E-state index in [0.29, 0.717) is 52.4 Å². The number of aryl methyl sites for hydroxylation is 2. The minimum Gasteiger partial charge on any atom is -0.382 e. The molecule has 0 radical (unpaired) electrons. The summed E-state index contributed by atoms with van der Waals surface area (Å²) in [6, 6.07) is 25.6. The topological polar surface area (TPSA) is 100 Å². The van der Waals surface area contributed by atoms with Gasteiger partial charge < -0.3 is 34.6 Å². The molecule has 2 heterocycles. The molecule has 11 nitrogen and oxygen atoms in total. The van der Waals surface area contributed by atoms with E-state index in [4.69, 9.17) is 14.2 Å². The molecule has 0 saturated heterocycles. The van der Waals surface area contributed by atoms with Gasteiger partial charge in [-0.25, -0.2) is 9.13 Å². The molecule has 4 rings (SSSR count). The van der Waals surface area contributed by atoms with Crippen molar-refractivity contribution in [2.45, 2.75) is 91.1 Å². The van der Waals surface area contributed by atoms with Gasteiger partial charge >= 0.3 is 0 Å². The summed E-state index contributed by atoms with van der Waals surface area (Å²) in [7, 11) is 8.19. The van der Waals surface area contributed by atoms with Gasteiger partial charge in [-0.15, -0.1) is 0 Å². The molecular formula is C54H80N6O5+2. The lowest BCUT2D eigenvalue weighted by Crippen LogP contribution is -2.32. The first-order valence-electron chi connectivity index (χ1n) is 23.8. The summed E-state index contributed by atoms with van der Waals surface area (Å²) in [4.78, 5) is 27.9. The molecule has 0 unspecified atom stereocenters. The molecule has 4 aromatic rings. The second-order valence-corrected chi connectivity index (χ2v) is 16.4. The number of nitrogens with zero attached hydrogens (tertiary/aromatic N) is 4. The van der Waals surface area contributed by atoms with E-state index in [2.05, 4.69) is 151 Å². The molecule has 0 aliphatic carbocycles. The lowest BCUT2D eigenvalue weighted by Gasteiger charge is -2.11. The van der Waals surface area contributed by atoms with Crippen molar-refractivity contribution in [3.63, 3.8) is 0 Å². The van der Waals surface area contributed by atoms with Crippen molar-refractivity contribution in [1.29, 1.82) is 0 Å². The van der Waals surface area contributed by atoms with E-state index < -0.39 is 0 Å². The van der Waals surface area contributed by atoms with Crippen LogP contribution in [0.15, 0.2) is 97.6 Å². The standard InChI is InChI=1S/C28H41N3O3.C26H37N3O2/c1-4-33-23-24-34-22-8-18-29-28(32)9-6-5-7-19-31-20-16-26(17-21-31)11-10-25-12-14-27(15-13-25)30(2)3;1-4-31-22-8-18-27-26(30)9-6-5-7-19-29-20-16-24(17-21-29)11-10-23-12-14-25(15-13-23)28(2)3/h10-17,20-21H,4-9,18-19,22-24H2,1-3H3;10-17,20-21H,4-9,18-19,22H2,1-3H3/p+2. The number of benzene rings is 2. The van der Waals surface area contributed by atoms with Crippen molar-refractivity contribution in [2.24, 2.45) is 0 Å². The van der Waals surface area contributed by atoms with Gasteiger partial charge in [0.2, 0.25) is 11.8 Å². The summed E-state index contributed by atoms with van der Waals surface area (Å²) in [5.74, 6) is 0.283. The van der Waals surface area contributed by atoms with Crippen LogP contribution in [-0.2, 0) is 36.9 Å². The number of rotatable bonds is 31. The van der Waals surface area contributed by atoms with Crippen molar-refractivity contribution in [1.82, 2.24) is 10.6 Å². The van der Waals surface area contributed by atoms with Gasteiger partial charge in [-0.2, -0.15) is 0 Å². The van der Waals surface area contributed by atoms with Crippen LogP contribution in [0, 0.1) is 0 Å². The number of aromatic nitrogens is 2. The zero-order valence-corrected chi connectivity index (χ0v) is 40.5. The van der Waals surface area contributed by atoms with Gasteiger partial charge in [0.1, 0.15) is 13.1 Å². The maximum Gasteiger partial charge on any atom is 0.219 e. The predicted octanol–water partition coefficient (Wildman–Crippen LogP) is 8.64. The highest BCUT2D eigenvalue weighted by Gasteiger charge is 2.06. The Balaban J connectivity index is 0.000000347. The van der Waals surface area contributed by atoms with Crippen LogP contribution in [0.5, 0.6) is 0 Å². The highest BCUT2D eigenvalue weighted by Crippen LogP contribution is 2.16. The average molecular weight is 893 g/mol. The second-order valence-electron chi connectivity index (χ2n) is 16.4. The molecule has 0 fully saturated rings. The molecule has 0 aliphatic heterocycles. The molecule has 0 aliphatic rings. The number of ether oxygens (including phenoxy) is 3. The highest BCUT2D eigenvalue weighted by atomic mass is 16.5. The van der Waals surface area contributed by atoms with Crippen LogP contribution >= 0.6 is 0 Å². The van der Waals surface area contributed by atoms with Gasteiger partial charge in [0.25, 0.3) is 0 Å². The monoisotopic (exact) mass is 893 g/mol.